The van der Waals surface area contributed by atoms with E-state index < -0.39 is 29.0 Å². The molecule has 8 nitrogen and oxygen atoms in total. The molecular formula is C30H34N2O6S. The van der Waals surface area contributed by atoms with Gasteiger partial charge in [-0.1, -0.05) is 37.3 Å². The lowest BCUT2D eigenvalue weighted by Gasteiger charge is -2.60. The highest BCUT2D eigenvalue weighted by Crippen LogP contribution is 2.70. The number of pyridine rings is 1. The Labute approximate surface area is 231 Å². The Balaban J connectivity index is 1.23. The molecule has 6 unspecified atom stereocenters. The average Bonchev–Trinajstić information content (AvgIpc) is 3.49. The first-order valence-corrected chi connectivity index (χ1v) is 14.8. The molecular weight excluding hydrogens is 516 g/mol. The highest BCUT2D eigenvalue weighted by atomic mass is 32.2. The lowest BCUT2D eigenvalue weighted by Crippen LogP contribution is -2.63. The summed E-state index contributed by atoms with van der Waals surface area (Å²) in [4.78, 5) is 35.1. The van der Waals surface area contributed by atoms with Gasteiger partial charge in [-0.3, -0.25) is 9.59 Å². The predicted octanol–water partition coefficient (Wildman–Crippen LogP) is 4.66. The van der Waals surface area contributed by atoms with Crippen molar-refractivity contribution in [2.75, 3.05) is 5.75 Å². The first-order chi connectivity index (χ1) is 18.5. The normalized spacial score (nSPS) is 42.0. The largest absolute Gasteiger partial charge is 0.430 e. The Morgan fingerprint density at radius 2 is 2.08 bits per heavy atom. The molecule has 2 aromatic heterocycles. The van der Waals surface area contributed by atoms with Crippen molar-refractivity contribution >= 4 is 34.6 Å². The number of carbonyl (C=O) groups excluding carboxylic acids is 2. The molecule has 0 aromatic carbocycles. The summed E-state index contributed by atoms with van der Waals surface area (Å²) in [5.41, 5.74) is 0.0393. The van der Waals surface area contributed by atoms with Gasteiger partial charge in [0.1, 0.15) is 0 Å². The Kier molecular flexibility index (Phi) is 5.48. The van der Waals surface area contributed by atoms with Gasteiger partial charge in [-0.15, -0.1) is 0 Å². The fraction of sp³-hybridized carbons (Fsp3) is 0.600. The van der Waals surface area contributed by atoms with Gasteiger partial charge in [0.05, 0.1) is 18.0 Å². The second kappa shape index (κ2) is 8.35. The molecule has 0 spiro atoms. The third-order valence-corrected chi connectivity index (χ3v) is 11.2. The number of thioether (sulfide) groups is 1. The lowest BCUT2D eigenvalue weighted by atomic mass is 9.46. The monoisotopic (exact) mass is 550 g/mol. The van der Waals surface area contributed by atoms with E-state index in [9.17, 15) is 14.7 Å². The van der Waals surface area contributed by atoms with E-state index in [2.05, 4.69) is 23.8 Å². The summed E-state index contributed by atoms with van der Waals surface area (Å²) in [7, 11) is 0. The third-order valence-electron chi connectivity index (χ3n) is 10.4. The molecule has 0 amide bonds. The van der Waals surface area contributed by atoms with Gasteiger partial charge in [0.15, 0.2) is 34.2 Å². The summed E-state index contributed by atoms with van der Waals surface area (Å²) in [5.74, 6) is -0.542. The van der Waals surface area contributed by atoms with Crippen molar-refractivity contribution in [3.63, 3.8) is 0 Å². The van der Waals surface area contributed by atoms with E-state index in [4.69, 9.17) is 13.9 Å². The maximum atomic E-state index is 14.3. The van der Waals surface area contributed by atoms with E-state index in [1.165, 1.54) is 11.8 Å². The molecule has 0 bridgehead atoms. The second-order valence-corrected chi connectivity index (χ2v) is 13.7. The number of nitrogens with zero attached hydrogens (tertiary/aromatic N) is 2. The van der Waals surface area contributed by atoms with Gasteiger partial charge in [0.25, 0.3) is 5.22 Å². The van der Waals surface area contributed by atoms with Crippen LogP contribution in [-0.2, 0) is 19.1 Å². The first-order valence-electron chi connectivity index (χ1n) is 13.8. The topological polar surface area (TPSA) is 112 Å². The van der Waals surface area contributed by atoms with Crippen molar-refractivity contribution in [1.29, 1.82) is 0 Å². The summed E-state index contributed by atoms with van der Waals surface area (Å²) >= 11 is 1.25. The molecule has 2 aromatic rings. The number of allylic oxidation sites excluding steroid dienone is 4. The molecule has 8 atom stereocenters. The van der Waals surface area contributed by atoms with Gasteiger partial charge < -0.3 is 19.0 Å². The molecule has 1 aliphatic heterocycles. The van der Waals surface area contributed by atoms with Crippen LogP contribution >= 0.6 is 11.8 Å². The van der Waals surface area contributed by atoms with Crippen LogP contribution in [0.1, 0.15) is 53.4 Å². The standard InChI is InChI=1S/C30H34N2O6S/c1-27(2)37-23-13-19-18-8-7-16-12-17(33)9-10-28(16,3)24(18)20(34)14-29(19,4)30(23,38-27)22(35)15-39-26-32-25-21(36-26)6-5-11-31-25/h5-6,9-12,18-20,23-24,34H,7-8,13-15H2,1-4H3/t18?,19?,20?,23-,24?,28?,29?,30-/m1/s1. The van der Waals surface area contributed by atoms with Crippen molar-refractivity contribution in [1.82, 2.24) is 9.97 Å². The zero-order chi connectivity index (χ0) is 27.4. The van der Waals surface area contributed by atoms with E-state index in [-0.39, 0.29) is 40.5 Å². The highest BCUT2D eigenvalue weighted by Gasteiger charge is 2.76. The van der Waals surface area contributed by atoms with Crippen LogP contribution in [-0.4, -0.2) is 56.0 Å². The maximum absolute atomic E-state index is 14.3. The number of ketones is 2. The summed E-state index contributed by atoms with van der Waals surface area (Å²) in [6, 6.07) is 3.59. The van der Waals surface area contributed by atoms with Gasteiger partial charge in [0.2, 0.25) is 0 Å². The highest BCUT2D eigenvalue weighted by molar-refractivity contribution is 7.99. The molecule has 5 aliphatic rings. The molecule has 0 radical (unpaired) electrons. The number of aromatic nitrogens is 2. The van der Waals surface area contributed by atoms with Crippen LogP contribution in [0.4, 0.5) is 0 Å². The van der Waals surface area contributed by atoms with E-state index in [1.54, 1.807) is 30.5 Å². The van der Waals surface area contributed by atoms with Gasteiger partial charge in [-0.25, -0.2) is 4.98 Å². The molecule has 9 heteroatoms. The molecule has 3 heterocycles. The van der Waals surface area contributed by atoms with E-state index in [1.807, 2.05) is 19.9 Å². The van der Waals surface area contributed by atoms with Gasteiger partial charge in [-0.05, 0) is 75.7 Å². The quantitative estimate of drug-likeness (QED) is 0.543. The minimum atomic E-state index is -1.18. The Hall–Kier alpha value is -2.33. The minimum absolute atomic E-state index is 0.0206. The Morgan fingerprint density at radius 1 is 1.26 bits per heavy atom. The van der Waals surface area contributed by atoms with E-state index in [0.29, 0.717) is 29.3 Å². The van der Waals surface area contributed by atoms with Gasteiger partial charge >= 0.3 is 0 Å². The van der Waals surface area contributed by atoms with Crippen LogP contribution in [0.3, 0.4) is 0 Å². The number of carbonyl (C=O) groups is 2. The number of aliphatic hydroxyl groups excluding tert-OH is 1. The van der Waals surface area contributed by atoms with Crippen LogP contribution in [0.15, 0.2) is 51.8 Å². The van der Waals surface area contributed by atoms with Crippen LogP contribution in [0.5, 0.6) is 0 Å². The maximum Gasteiger partial charge on any atom is 0.258 e. The molecule has 3 saturated carbocycles. The summed E-state index contributed by atoms with van der Waals surface area (Å²) in [6.07, 6.45) is 8.85. The van der Waals surface area contributed by atoms with Gasteiger partial charge in [-0.2, -0.15) is 4.98 Å². The molecule has 4 fully saturated rings. The number of ether oxygens (including phenoxy) is 2. The molecule has 1 N–H and O–H groups in total. The smallest absolute Gasteiger partial charge is 0.258 e. The molecule has 7 rings (SSSR count). The van der Waals surface area contributed by atoms with E-state index in [0.717, 1.165) is 18.4 Å². The number of Topliss-reactive ketones (excluding diaryl/α,β-unsaturated/α-hetero) is 1. The second-order valence-electron chi connectivity index (χ2n) is 12.8. The SMILES string of the molecule is CC1(C)O[C@@H]2CC3C4CCC5=CC(=O)C=CC5(C)C4C(O)CC3(C)[C@]2(C(=O)CSc2nc3ncccc3o2)O1. The van der Waals surface area contributed by atoms with Crippen molar-refractivity contribution in [2.24, 2.45) is 28.6 Å². The zero-order valence-corrected chi connectivity index (χ0v) is 23.5. The number of hydrogen-bond acceptors (Lipinski definition) is 9. The summed E-state index contributed by atoms with van der Waals surface area (Å²) in [5, 5.41) is 12.2. The Bertz CT molecular complexity index is 1410. The third kappa shape index (κ3) is 3.49. The number of fused-ring (bicyclic) bond motifs is 8. The molecule has 4 aliphatic carbocycles. The van der Waals surface area contributed by atoms with Crippen LogP contribution in [0.2, 0.25) is 0 Å². The fourth-order valence-corrected chi connectivity index (χ4v) is 9.74. The van der Waals surface area contributed by atoms with Crippen LogP contribution in [0, 0.1) is 28.6 Å². The number of oxazole rings is 1. The number of aliphatic hydroxyl groups is 1. The summed E-state index contributed by atoms with van der Waals surface area (Å²) in [6.45, 7) is 8.01. The van der Waals surface area contributed by atoms with Crippen molar-refractivity contribution in [2.45, 2.75) is 82.2 Å². The van der Waals surface area contributed by atoms with Crippen LogP contribution < -0.4 is 0 Å². The predicted molar refractivity (Wildman–Crippen MR) is 144 cm³/mol. The first kappa shape index (κ1) is 25.6. The zero-order valence-electron chi connectivity index (χ0n) is 22.7. The van der Waals surface area contributed by atoms with Crippen molar-refractivity contribution < 1.29 is 28.6 Å². The average molecular weight is 551 g/mol. The minimum Gasteiger partial charge on any atom is -0.430 e. The lowest BCUT2D eigenvalue weighted by molar-refractivity contribution is -0.223. The fourth-order valence-electron chi connectivity index (χ4n) is 8.97. The van der Waals surface area contributed by atoms with Crippen LogP contribution in [0.25, 0.3) is 11.2 Å². The van der Waals surface area contributed by atoms with Crippen molar-refractivity contribution in [3.8, 4) is 0 Å². The van der Waals surface area contributed by atoms with E-state index >= 15 is 0 Å². The number of rotatable bonds is 4. The molecule has 39 heavy (non-hydrogen) atoms. The molecule has 1 saturated heterocycles. The summed E-state index contributed by atoms with van der Waals surface area (Å²) < 4.78 is 19.0. The number of hydrogen-bond donors (Lipinski definition) is 1. The van der Waals surface area contributed by atoms with Crippen molar-refractivity contribution in [3.05, 3.63) is 42.1 Å². The Morgan fingerprint density at radius 3 is 2.87 bits per heavy atom. The van der Waals surface area contributed by atoms with Gasteiger partial charge in [0, 0.05) is 22.9 Å². The molecule has 206 valence electrons.